The molecule has 1 aliphatic carbocycles. The van der Waals surface area contributed by atoms with E-state index in [2.05, 4.69) is 26.2 Å². The number of hydrogen-bond donors (Lipinski definition) is 5. The highest BCUT2D eigenvalue weighted by atomic mass is 79.9. The normalized spacial score (nSPS) is 31.3. The molecular weight excluding hydrogens is 844 g/mol. The number of nitrogens with one attached hydrogen (secondary N) is 1. The minimum atomic E-state index is -2.07. The Morgan fingerprint density at radius 3 is 2.27 bits per heavy atom. The molecule has 2 aromatic carbocycles. The van der Waals surface area contributed by atoms with Gasteiger partial charge in [0.2, 0.25) is 5.78 Å². The number of aromatic hydroxyl groups is 2. The number of hydrogen-bond acceptors (Lipinski definition) is 14. The highest BCUT2D eigenvalue weighted by molar-refractivity contribution is 9.10. The molecule has 4 aliphatic rings. The summed E-state index contributed by atoms with van der Waals surface area (Å²) in [4.78, 5) is 59.5. The number of esters is 1. The van der Waals surface area contributed by atoms with Crippen molar-refractivity contribution in [2.75, 3.05) is 14.2 Å². The van der Waals surface area contributed by atoms with Gasteiger partial charge in [0.05, 0.1) is 54.2 Å². The van der Waals surface area contributed by atoms with Gasteiger partial charge in [-0.05, 0) is 38.1 Å². The summed E-state index contributed by atoms with van der Waals surface area (Å²) in [5.41, 5.74) is -0.993. The minimum Gasteiger partial charge on any atom is -0.507 e. The summed E-state index contributed by atoms with van der Waals surface area (Å²) < 4.78 is 29.6. The summed E-state index contributed by atoms with van der Waals surface area (Å²) in [5.74, 6) is -8.37. The summed E-state index contributed by atoms with van der Waals surface area (Å²) >= 11 is 3.31. The molecule has 0 aromatic heterocycles. The number of aliphatic imine (C=N–C) groups is 1. The molecule has 0 saturated heterocycles. The van der Waals surface area contributed by atoms with E-state index in [1.807, 2.05) is 0 Å². The number of phenolic OH excluding ortho intramolecular Hbond substituents is 2. The van der Waals surface area contributed by atoms with E-state index in [1.54, 1.807) is 45.9 Å². The molecule has 2 aromatic rings. The molecule has 15 nitrogen and oxygen atoms in total. The lowest BCUT2D eigenvalue weighted by Gasteiger charge is -2.38. The Kier molecular flexibility index (Phi) is 13.8. The average Bonchev–Trinajstić information content (AvgIpc) is 3.46. The highest BCUT2D eigenvalue weighted by Gasteiger charge is 2.51. The van der Waals surface area contributed by atoms with Crippen LogP contribution >= 0.6 is 15.9 Å². The van der Waals surface area contributed by atoms with Crippen LogP contribution in [0.2, 0.25) is 0 Å². The van der Waals surface area contributed by atoms with Crippen molar-refractivity contribution in [2.24, 2.45) is 28.7 Å². The number of carbonyl (C=O) groups excluding carboxylic acids is 4. The fraction of sp³-hybridized carbons (Fsp3) is 0.432. The van der Waals surface area contributed by atoms with Gasteiger partial charge in [0.1, 0.15) is 34.8 Å². The zero-order valence-corrected chi connectivity index (χ0v) is 36.6. The van der Waals surface area contributed by atoms with Gasteiger partial charge >= 0.3 is 11.8 Å². The summed E-state index contributed by atoms with van der Waals surface area (Å²) in [6, 6.07) is 2.90. The number of nitrogens with zero attached hydrogens (tertiary/aromatic N) is 1. The van der Waals surface area contributed by atoms with Crippen molar-refractivity contribution in [2.45, 2.75) is 85.6 Å². The lowest BCUT2D eigenvalue weighted by atomic mass is 9.78. The maximum Gasteiger partial charge on any atom is 0.312 e. The lowest BCUT2D eigenvalue weighted by Crippen LogP contribution is -2.46. The molecule has 0 radical (unpaired) electrons. The topological polar surface area (TPSA) is 220 Å². The number of carbonyl (C=O) groups is 4. The van der Waals surface area contributed by atoms with Crippen LogP contribution < -0.4 is 14.8 Å². The van der Waals surface area contributed by atoms with Crippen LogP contribution in [0, 0.1) is 30.6 Å². The van der Waals surface area contributed by atoms with Gasteiger partial charge in [-0.15, -0.1) is 0 Å². The maximum absolute atomic E-state index is 14.6. The minimum absolute atomic E-state index is 0.0233. The Bertz CT molecular complexity index is 2240. The van der Waals surface area contributed by atoms with Crippen LogP contribution in [0.1, 0.15) is 80.3 Å². The molecule has 0 fully saturated rings. The number of fused-ring (bicyclic) bond motifs is 14. The van der Waals surface area contributed by atoms with Crippen molar-refractivity contribution in [1.29, 1.82) is 0 Å². The second-order valence-electron chi connectivity index (χ2n) is 15.5. The summed E-state index contributed by atoms with van der Waals surface area (Å²) in [6.45, 7) is 12.4. The number of ketones is 2. The smallest absolute Gasteiger partial charge is 0.312 e. The van der Waals surface area contributed by atoms with Crippen molar-refractivity contribution < 1.29 is 63.3 Å². The number of amides is 1. The van der Waals surface area contributed by atoms with Gasteiger partial charge in [-0.2, -0.15) is 0 Å². The first-order valence-electron chi connectivity index (χ1n) is 19.3. The Morgan fingerprint density at radius 2 is 1.63 bits per heavy atom. The molecule has 0 saturated carbocycles. The third kappa shape index (κ3) is 8.78. The molecule has 6 rings (SSSR count). The average molecular weight is 896 g/mol. The van der Waals surface area contributed by atoms with E-state index >= 15 is 0 Å². The van der Waals surface area contributed by atoms with Crippen molar-refractivity contribution in [1.82, 2.24) is 5.32 Å². The zero-order chi connectivity index (χ0) is 44.5. The Morgan fingerprint density at radius 1 is 0.950 bits per heavy atom. The first kappa shape index (κ1) is 45.8. The highest BCUT2D eigenvalue weighted by Crippen LogP contribution is 2.49. The number of Topliss-reactive ketones (excluding diaryl/α,β-unsaturated/α-hetero) is 2. The van der Waals surface area contributed by atoms with Gasteiger partial charge in [-0.1, -0.05) is 61.9 Å². The molecule has 16 heteroatoms. The van der Waals surface area contributed by atoms with E-state index in [4.69, 9.17) is 23.7 Å². The standard InChI is InChI=1S/C44H51BrN2O13/c1-19-12-11-13-20(2)43(55)47-28-18-27(46-35-29(49)16-26(45)17-31(35)57-10)32-33(39(28)53)38(52)24(6)41-34(32)42(54)44(8,60-41)58-15-14-30(56-9)21(3)40(59-25(7)48)23(5)37(51)22(4)36(19)50/h11-19,21-23,30,36-37,40,49-52H,1-10H3,(H,47,55)/b12-11+,15-14+,20-13-,46-27?/t19-,21+,22+,23+,30-,36-,37+,40+,44-/m0/s1. The predicted molar refractivity (Wildman–Crippen MR) is 223 cm³/mol. The van der Waals surface area contributed by atoms with Crippen molar-refractivity contribution in [3.63, 3.8) is 0 Å². The van der Waals surface area contributed by atoms with E-state index in [0.29, 0.717) is 4.47 Å². The van der Waals surface area contributed by atoms with Crippen LogP contribution in [0.5, 0.6) is 23.0 Å². The van der Waals surface area contributed by atoms with Crippen LogP contribution in [-0.4, -0.2) is 94.0 Å². The first-order valence-corrected chi connectivity index (χ1v) is 20.1. The monoisotopic (exact) mass is 894 g/mol. The molecule has 5 bridgehead atoms. The molecule has 3 aliphatic heterocycles. The summed E-state index contributed by atoms with van der Waals surface area (Å²) in [7, 11) is 2.79. The van der Waals surface area contributed by atoms with Gasteiger partial charge < -0.3 is 49.4 Å². The Labute approximate surface area is 356 Å². The van der Waals surface area contributed by atoms with Gasteiger partial charge in [-0.25, -0.2) is 4.99 Å². The number of ether oxygens (including phenoxy) is 5. The predicted octanol–water partition coefficient (Wildman–Crippen LogP) is 6.05. The second-order valence-corrected chi connectivity index (χ2v) is 16.4. The molecule has 9 atom stereocenters. The number of aliphatic hydroxyl groups is 2. The summed E-state index contributed by atoms with van der Waals surface area (Å²) in [5, 5.41) is 48.1. The SMILES string of the molecule is COc1cc(Br)cc(O)c1N=C1C=C2NC(=O)/C(C)=C\C=C\[C@H](C)[C@H](O)[C@@H](C)[C@@H](O)[C@@H](C)[C@H](OC(C)=O)[C@H](C)[C@@H](OC)/C=C/O[C@@]3(C)Oc4c(C)c(O)c(c1c4C3=O)C2=O. The lowest BCUT2D eigenvalue weighted by molar-refractivity contribution is -0.160. The van der Waals surface area contributed by atoms with Crippen LogP contribution in [0.15, 0.2) is 69.5 Å². The van der Waals surface area contributed by atoms with Crippen molar-refractivity contribution in [3.05, 3.63) is 86.8 Å². The molecule has 3 heterocycles. The number of phenols is 2. The van der Waals surface area contributed by atoms with Crippen LogP contribution in [0.25, 0.3) is 0 Å². The number of aliphatic hydroxyl groups excluding tert-OH is 2. The zero-order valence-electron chi connectivity index (χ0n) is 35.0. The number of halogens is 1. The molecule has 0 spiro atoms. The molecule has 1 amide bonds. The maximum atomic E-state index is 14.6. The van der Waals surface area contributed by atoms with Gasteiger partial charge in [0, 0.05) is 65.8 Å². The largest absolute Gasteiger partial charge is 0.507 e. The van der Waals surface area contributed by atoms with E-state index in [1.165, 1.54) is 72.5 Å². The number of methoxy groups -OCH3 is 2. The molecule has 5 N–H and O–H groups in total. The third-order valence-corrected chi connectivity index (χ3v) is 11.7. The molecule has 60 heavy (non-hydrogen) atoms. The fourth-order valence-electron chi connectivity index (χ4n) is 7.67. The summed E-state index contributed by atoms with van der Waals surface area (Å²) in [6.07, 6.45) is 4.66. The van der Waals surface area contributed by atoms with Gasteiger partial charge in [0.25, 0.3) is 11.7 Å². The van der Waals surface area contributed by atoms with Crippen LogP contribution in [0.3, 0.4) is 0 Å². The van der Waals surface area contributed by atoms with E-state index in [9.17, 15) is 39.6 Å². The van der Waals surface area contributed by atoms with Gasteiger partial charge in [-0.3, -0.25) is 19.2 Å². The van der Waals surface area contributed by atoms with E-state index < -0.39 is 83.1 Å². The quantitative estimate of drug-likeness (QED) is 0.221. The van der Waals surface area contributed by atoms with Crippen LogP contribution in [-0.2, 0) is 23.8 Å². The Hall–Kier alpha value is -5.29. The van der Waals surface area contributed by atoms with E-state index in [-0.39, 0.29) is 62.2 Å². The number of rotatable bonds is 4. The van der Waals surface area contributed by atoms with Crippen LogP contribution in [0.4, 0.5) is 5.69 Å². The van der Waals surface area contributed by atoms with Crippen molar-refractivity contribution in [3.8, 4) is 23.0 Å². The molecule has 322 valence electrons. The van der Waals surface area contributed by atoms with Crippen molar-refractivity contribution >= 4 is 50.8 Å². The second kappa shape index (κ2) is 18.1. The number of allylic oxidation sites excluding steroid dienone is 4. The molecular formula is C44H51BrN2O13. The fourth-order valence-corrected chi connectivity index (χ4v) is 8.10. The Balaban J connectivity index is 1.73. The number of benzene rings is 2. The van der Waals surface area contributed by atoms with Gasteiger partial charge in [0.15, 0.2) is 0 Å². The van der Waals surface area contributed by atoms with E-state index in [0.717, 1.165) is 0 Å². The third-order valence-electron chi connectivity index (χ3n) is 11.3. The molecule has 0 unspecified atom stereocenters. The first-order chi connectivity index (χ1) is 28.2.